The Bertz CT molecular complexity index is 155. The maximum atomic E-state index is 11.1. The first-order valence-corrected chi connectivity index (χ1v) is 5.26. The molecule has 1 N–H and O–H groups in total. The van der Waals surface area contributed by atoms with Gasteiger partial charge in [0.2, 0.25) is 0 Å². The molecule has 0 fully saturated rings. The third kappa shape index (κ3) is 6.89. The standard InChI is InChI=1S/C11H21O3/c1-4-5-8-14-11(13)10(12)7-6-9(2)3/h6,9-10,12H,4-5,7-8H2,1-3H3/t10-/m0/s1. The fourth-order valence-corrected chi connectivity index (χ4v) is 0.911. The molecule has 0 saturated carbocycles. The number of esters is 1. The summed E-state index contributed by atoms with van der Waals surface area (Å²) >= 11 is 0. The second-order valence-electron chi connectivity index (χ2n) is 3.75. The normalized spacial score (nSPS) is 12.9. The molecule has 3 nitrogen and oxygen atoms in total. The molecule has 0 bridgehead atoms. The van der Waals surface area contributed by atoms with E-state index in [2.05, 4.69) is 0 Å². The molecule has 0 unspecified atom stereocenters. The van der Waals surface area contributed by atoms with Gasteiger partial charge in [-0.3, -0.25) is 0 Å². The van der Waals surface area contributed by atoms with Crippen molar-refractivity contribution >= 4 is 5.97 Å². The maximum absolute atomic E-state index is 11.1. The van der Waals surface area contributed by atoms with Gasteiger partial charge in [0, 0.05) is 0 Å². The summed E-state index contributed by atoms with van der Waals surface area (Å²) in [4.78, 5) is 11.1. The monoisotopic (exact) mass is 201 g/mol. The van der Waals surface area contributed by atoms with Crippen molar-refractivity contribution in [2.24, 2.45) is 5.92 Å². The minimum absolute atomic E-state index is 0.378. The highest BCUT2D eigenvalue weighted by Gasteiger charge is 2.16. The SMILES string of the molecule is CCCCOC(=O)[C@@H](O)C[CH]C(C)C. The van der Waals surface area contributed by atoms with Crippen LogP contribution in [-0.4, -0.2) is 23.8 Å². The van der Waals surface area contributed by atoms with Crippen LogP contribution in [0, 0.1) is 12.3 Å². The van der Waals surface area contributed by atoms with Gasteiger partial charge in [0.15, 0.2) is 6.10 Å². The van der Waals surface area contributed by atoms with Gasteiger partial charge in [0.1, 0.15) is 0 Å². The predicted octanol–water partition coefficient (Wildman–Crippen LogP) is 1.94. The number of carbonyl (C=O) groups excluding carboxylic acids is 1. The molecule has 0 heterocycles. The summed E-state index contributed by atoms with van der Waals surface area (Å²) in [5, 5.41) is 9.36. The Morgan fingerprint density at radius 1 is 1.50 bits per heavy atom. The Balaban J connectivity index is 3.54. The van der Waals surface area contributed by atoms with E-state index in [1.165, 1.54) is 0 Å². The van der Waals surface area contributed by atoms with E-state index in [0.717, 1.165) is 12.8 Å². The molecular weight excluding hydrogens is 180 g/mol. The second kappa shape index (κ2) is 7.80. The van der Waals surface area contributed by atoms with E-state index in [4.69, 9.17) is 4.74 Å². The van der Waals surface area contributed by atoms with Crippen LogP contribution in [0.5, 0.6) is 0 Å². The van der Waals surface area contributed by atoms with Crippen LogP contribution in [0.15, 0.2) is 0 Å². The van der Waals surface area contributed by atoms with Crippen LogP contribution >= 0.6 is 0 Å². The molecule has 0 aliphatic carbocycles. The minimum Gasteiger partial charge on any atom is -0.464 e. The van der Waals surface area contributed by atoms with Crippen molar-refractivity contribution in [3.63, 3.8) is 0 Å². The lowest BCUT2D eigenvalue weighted by molar-refractivity contribution is -0.153. The van der Waals surface area contributed by atoms with Gasteiger partial charge in [-0.1, -0.05) is 27.2 Å². The van der Waals surface area contributed by atoms with E-state index in [1.807, 2.05) is 27.2 Å². The molecule has 0 amide bonds. The number of hydrogen-bond donors (Lipinski definition) is 1. The van der Waals surface area contributed by atoms with E-state index in [1.54, 1.807) is 0 Å². The molecule has 1 radical (unpaired) electrons. The number of aliphatic hydroxyl groups excluding tert-OH is 1. The van der Waals surface area contributed by atoms with Crippen LogP contribution in [0.4, 0.5) is 0 Å². The van der Waals surface area contributed by atoms with Crippen LogP contribution in [0.3, 0.4) is 0 Å². The summed E-state index contributed by atoms with van der Waals surface area (Å²) in [5.41, 5.74) is 0. The van der Waals surface area contributed by atoms with Gasteiger partial charge >= 0.3 is 5.97 Å². The Kier molecular flexibility index (Phi) is 7.48. The molecular formula is C11H21O3. The Morgan fingerprint density at radius 2 is 2.14 bits per heavy atom. The summed E-state index contributed by atoms with van der Waals surface area (Å²) < 4.78 is 4.87. The number of ether oxygens (including phenoxy) is 1. The molecule has 0 aliphatic rings. The number of hydrogen-bond acceptors (Lipinski definition) is 3. The molecule has 0 rings (SSSR count). The average molecular weight is 201 g/mol. The van der Waals surface area contributed by atoms with Crippen LogP contribution in [0.2, 0.25) is 0 Å². The zero-order valence-corrected chi connectivity index (χ0v) is 9.32. The highest BCUT2D eigenvalue weighted by molar-refractivity contribution is 5.74. The summed E-state index contributed by atoms with van der Waals surface area (Å²) in [6.07, 6.45) is 3.14. The molecule has 0 aliphatic heterocycles. The van der Waals surface area contributed by atoms with Crippen LogP contribution < -0.4 is 0 Å². The quantitative estimate of drug-likeness (QED) is 0.506. The predicted molar refractivity (Wildman–Crippen MR) is 55.6 cm³/mol. The molecule has 83 valence electrons. The topological polar surface area (TPSA) is 46.5 Å². The van der Waals surface area contributed by atoms with Crippen molar-refractivity contribution in [1.82, 2.24) is 0 Å². The van der Waals surface area contributed by atoms with E-state index < -0.39 is 12.1 Å². The van der Waals surface area contributed by atoms with Crippen molar-refractivity contribution in [2.45, 2.75) is 46.1 Å². The zero-order valence-electron chi connectivity index (χ0n) is 9.32. The number of carbonyl (C=O) groups is 1. The van der Waals surface area contributed by atoms with Gasteiger partial charge in [-0.05, 0) is 25.2 Å². The molecule has 0 aromatic rings. The summed E-state index contributed by atoms with van der Waals surface area (Å²) in [5.74, 6) is -0.122. The Morgan fingerprint density at radius 3 is 2.64 bits per heavy atom. The van der Waals surface area contributed by atoms with Gasteiger partial charge in [-0.25, -0.2) is 4.79 Å². The van der Waals surface area contributed by atoms with Crippen molar-refractivity contribution in [1.29, 1.82) is 0 Å². The molecule has 0 spiro atoms. The van der Waals surface area contributed by atoms with Crippen LogP contribution in [0.1, 0.15) is 40.0 Å². The summed E-state index contributed by atoms with van der Waals surface area (Å²) in [6.45, 7) is 6.45. The Hall–Kier alpha value is -0.570. The zero-order chi connectivity index (χ0) is 11.0. The molecule has 0 aromatic heterocycles. The van der Waals surface area contributed by atoms with Crippen LogP contribution in [-0.2, 0) is 9.53 Å². The molecule has 0 saturated heterocycles. The highest BCUT2D eigenvalue weighted by Crippen LogP contribution is 2.06. The lowest BCUT2D eigenvalue weighted by Crippen LogP contribution is -2.24. The first-order valence-electron chi connectivity index (χ1n) is 5.26. The first kappa shape index (κ1) is 13.4. The third-order valence-electron chi connectivity index (χ3n) is 1.85. The van der Waals surface area contributed by atoms with Gasteiger partial charge in [-0.15, -0.1) is 0 Å². The molecule has 14 heavy (non-hydrogen) atoms. The van der Waals surface area contributed by atoms with E-state index in [-0.39, 0.29) is 0 Å². The smallest absolute Gasteiger partial charge is 0.334 e. The van der Waals surface area contributed by atoms with Crippen LogP contribution in [0.25, 0.3) is 0 Å². The van der Waals surface area contributed by atoms with Gasteiger partial charge in [0.05, 0.1) is 6.61 Å². The van der Waals surface area contributed by atoms with Crippen molar-refractivity contribution in [2.75, 3.05) is 6.61 Å². The molecule has 0 aromatic carbocycles. The Labute approximate surface area is 86.5 Å². The maximum Gasteiger partial charge on any atom is 0.334 e. The molecule has 3 heteroatoms. The number of unbranched alkanes of at least 4 members (excludes halogenated alkanes) is 1. The van der Waals surface area contributed by atoms with Gasteiger partial charge in [0.25, 0.3) is 0 Å². The van der Waals surface area contributed by atoms with Crippen molar-refractivity contribution in [3.05, 3.63) is 6.42 Å². The van der Waals surface area contributed by atoms with E-state index >= 15 is 0 Å². The van der Waals surface area contributed by atoms with E-state index in [9.17, 15) is 9.90 Å². The first-order chi connectivity index (χ1) is 6.57. The van der Waals surface area contributed by atoms with Crippen molar-refractivity contribution < 1.29 is 14.6 Å². The lowest BCUT2D eigenvalue weighted by atomic mass is 10.1. The summed E-state index contributed by atoms with van der Waals surface area (Å²) in [7, 11) is 0. The average Bonchev–Trinajstić information content (AvgIpc) is 2.14. The number of rotatable bonds is 7. The highest BCUT2D eigenvalue weighted by atomic mass is 16.5. The number of aliphatic hydroxyl groups is 1. The van der Waals surface area contributed by atoms with Crippen molar-refractivity contribution in [3.8, 4) is 0 Å². The fourth-order valence-electron chi connectivity index (χ4n) is 0.911. The van der Waals surface area contributed by atoms with Gasteiger partial charge < -0.3 is 9.84 Å². The van der Waals surface area contributed by atoms with Gasteiger partial charge in [-0.2, -0.15) is 0 Å². The second-order valence-corrected chi connectivity index (χ2v) is 3.75. The summed E-state index contributed by atoms with van der Waals surface area (Å²) in [6, 6.07) is 0. The fraction of sp³-hybridized carbons (Fsp3) is 0.818. The minimum atomic E-state index is -0.991. The largest absolute Gasteiger partial charge is 0.464 e. The van der Waals surface area contributed by atoms with E-state index in [0.29, 0.717) is 18.9 Å². The lowest BCUT2D eigenvalue weighted by Gasteiger charge is -2.11. The molecule has 1 atom stereocenters. The third-order valence-corrected chi connectivity index (χ3v) is 1.85.